The quantitative estimate of drug-likeness (QED) is 0.127. The molecule has 0 aromatic heterocycles. The van der Waals surface area contributed by atoms with Gasteiger partial charge in [-0.25, -0.2) is 0 Å². The summed E-state index contributed by atoms with van der Waals surface area (Å²) in [5, 5.41) is 9.81. The van der Waals surface area contributed by atoms with E-state index in [-0.39, 0.29) is 5.75 Å². The molecule has 3 aromatic carbocycles. The zero-order valence-electron chi connectivity index (χ0n) is 21.8. The molecule has 3 aromatic rings. The summed E-state index contributed by atoms with van der Waals surface area (Å²) in [7, 11) is 4.12. The summed E-state index contributed by atoms with van der Waals surface area (Å²) in [5.74, 6) is 0.835. The maximum Gasteiger partial charge on any atom is 0.416 e. The molecule has 38 heavy (non-hydrogen) atoms. The number of alkyl halides is 3. The van der Waals surface area contributed by atoms with Gasteiger partial charge in [0.1, 0.15) is 30.9 Å². The Bertz CT molecular complexity index is 1260. The monoisotopic (exact) mass is 524 g/mol. The van der Waals surface area contributed by atoms with Crippen molar-refractivity contribution >= 4 is 17.4 Å². The van der Waals surface area contributed by atoms with E-state index in [1.807, 2.05) is 37.3 Å². The lowest BCUT2D eigenvalue weighted by Gasteiger charge is -2.28. The van der Waals surface area contributed by atoms with Gasteiger partial charge >= 0.3 is 6.18 Å². The molecule has 0 saturated heterocycles. The van der Waals surface area contributed by atoms with Gasteiger partial charge in [-0.1, -0.05) is 43.3 Å². The van der Waals surface area contributed by atoms with Gasteiger partial charge in [0.25, 0.3) is 0 Å². The van der Waals surface area contributed by atoms with Crippen LogP contribution in [0.25, 0.3) is 11.1 Å². The van der Waals surface area contributed by atoms with E-state index in [9.17, 15) is 23.1 Å². The molecule has 0 atom stereocenters. The molecule has 0 aliphatic carbocycles. The highest BCUT2D eigenvalue weighted by atomic mass is 19.4. The van der Waals surface area contributed by atoms with Gasteiger partial charge in [-0.3, -0.25) is 4.79 Å². The van der Waals surface area contributed by atoms with E-state index in [4.69, 9.17) is 4.74 Å². The van der Waals surface area contributed by atoms with Gasteiger partial charge in [0.15, 0.2) is 0 Å². The third kappa shape index (κ3) is 7.83. The predicted molar refractivity (Wildman–Crippen MR) is 145 cm³/mol. The van der Waals surface area contributed by atoms with Crippen molar-refractivity contribution in [1.29, 1.82) is 0 Å². The fourth-order valence-corrected chi connectivity index (χ4v) is 4.15. The summed E-state index contributed by atoms with van der Waals surface area (Å²) in [6.45, 7) is 3.92. The van der Waals surface area contributed by atoms with Crippen LogP contribution < -0.4 is 4.74 Å². The Morgan fingerprint density at radius 1 is 0.895 bits per heavy atom. The Morgan fingerprint density at radius 2 is 1.45 bits per heavy atom. The number of quaternary nitrogens is 1. The summed E-state index contributed by atoms with van der Waals surface area (Å²) in [5.41, 5.74) is 3.50. The summed E-state index contributed by atoms with van der Waals surface area (Å²) in [6, 6.07) is 19.6. The number of rotatable bonds is 11. The minimum atomic E-state index is -4.40. The Morgan fingerprint density at radius 3 is 1.97 bits per heavy atom. The van der Waals surface area contributed by atoms with Crippen LogP contribution in [0.1, 0.15) is 35.6 Å². The fraction of sp³-hybridized carbons (Fsp3) is 0.258. The second-order valence-electron chi connectivity index (χ2n) is 9.61. The first-order valence-electron chi connectivity index (χ1n) is 12.4. The topological polar surface area (TPSA) is 46.5 Å². The van der Waals surface area contributed by atoms with Crippen LogP contribution >= 0.6 is 0 Å². The fourth-order valence-electron chi connectivity index (χ4n) is 4.15. The zero-order valence-corrected chi connectivity index (χ0v) is 21.8. The first-order chi connectivity index (χ1) is 18.0. The van der Waals surface area contributed by atoms with Gasteiger partial charge in [0.2, 0.25) is 0 Å². The molecule has 200 valence electrons. The lowest BCUT2D eigenvalue weighted by Crippen LogP contribution is -2.42. The molecule has 3 rings (SSSR count). The van der Waals surface area contributed by atoms with Gasteiger partial charge in [0.05, 0.1) is 26.2 Å². The van der Waals surface area contributed by atoms with E-state index in [0.717, 1.165) is 47.2 Å². The molecule has 0 aliphatic rings. The van der Waals surface area contributed by atoms with Gasteiger partial charge in [-0.05, 0) is 82.8 Å². The molecule has 0 bridgehead atoms. The molecule has 4 nitrogen and oxygen atoms in total. The van der Waals surface area contributed by atoms with Gasteiger partial charge < -0.3 is 14.3 Å². The number of phenolic OH excluding ortho intramolecular Hbond substituents is 1. The third-order valence-electron chi connectivity index (χ3n) is 6.29. The largest absolute Gasteiger partial charge is 0.508 e. The number of halogens is 3. The zero-order chi connectivity index (χ0) is 27.8. The molecule has 0 heterocycles. The van der Waals surface area contributed by atoms with Crippen molar-refractivity contribution in [2.45, 2.75) is 19.5 Å². The van der Waals surface area contributed by atoms with Crippen LogP contribution in [0.3, 0.4) is 0 Å². The maximum atomic E-state index is 13.1. The van der Waals surface area contributed by atoms with Crippen LogP contribution in [0.4, 0.5) is 13.2 Å². The van der Waals surface area contributed by atoms with E-state index in [0.29, 0.717) is 35.4 Å². The Kier molecular flexibility index (Phi) is 9.53. The molecule has 0 amide bonds. The number of hydrogen-bond acceptors (Lipinski definition) is 3. The van der Waals surface area contributed by atoms with Crippen LogP contribution in [-0.2, 0) is 11.0 Å². The number of benzene rings is 3. The van der Waals surface area contributed by atoms with Crippen LogP contribution in [0.15, 0.2) is 84.9 Å². The lowest BCUT2D eigenvalue weighted by molar-refractivity contribution is -0.884. The van der Waals surface area contributed by atoms with Crippen LogP contribution in [0.5, 0.6) is 11.5 Å². The second-order valence-corrected chi connectivity index (χ2v) is 9.61. The number of ether oxygens (including phenoxy) is 1. The molecule has 0 unspecified atom stereocenters. The molecule has 0 saturated carbocycles. The molecule has 0 fully saturated rings. The number of nitrogens with zero attached hydrogens (tertiary/aromatic N) is 1. The number of carbonyl (C=O) groups excluding carboxylic acids is 1. The summed E-state index contributed by atoms with van der Waals surface area (Å²) in [6.07, 6.45) is 0.283. The number of allylic oxidation sites excluding steroid dienone is 2. The predicted octanol–water partition coefficient (Wildman–Crippen LogP) is 6.99. The number of carbonyl (C=O) groups is 1. The van der Waals surface area contributed by atoms with Gasteiger partial charge in [-0.2, -0.15) is 13.2 Å². The molecular weight excluding hydrogens is 491 g/mol. The Hall–Kier alpha value is -3.84. The first-order valence-corrected chi connectivity index (χ1v) is 12.4. The standard InChI is InChI=1S/C31H32F3NO3/c1-4-29(23-7-13-26(14-8-23)31(32,33)34)30(24-9-15-27(37)16-10-24)25-11-17-28(18-12-25)38-22-20-35(2,3)19-5-6-21-36/h5-18,21H,4,19-20,22H2,1-3H3/p+1/b6-5+,30-29-. The smallest absolute Gasteiger partial charge is 0.416 e. The van der Waals surface area contributed by atoms with Crippen LogP contribution in [0.2, 0.25) is 0 Å². The first kappa shape index (κ1) is 28.7. The molecule has 0 radical (unpaired) electrons. The molecule has 1 N–H and O–H groups in total. The molecule has 0 aliphatic heterocycles. The minimum Gasteiger partial charge on any atom is -0.508 e. The molecule has 0 spiro atoms. The van der Waals surface area contributed by atoms with Gasteiger partial charge in [0, 0.05) is 0 Å². The third-order valence-corrected chi connectivity index (χ3v) is 6.29. The normalized spacial score (nSPS) is 12.9. The van der Waals surface area contributed by atoms with Crippen molar-refractivity contribution in [2.75, 3.05) is 33.8 Å². The molecule has 7 heteroatoms. The van der Waals surface area contributed by atoms with E-state index >= 15 is 0 Å². The minimum absolute atomic E-state index is 0.132. The summed E-state index contributed by atoms with van der Waals surface area (Å²) < 4.78 is 46.0. The lowest BCUT2D eigenvalue weighted by atomic mass is 9.88. The van der Waals surface area contributed by atoms with Gasteiger partial charge in [-0.15, -0.1) is 0 Å². The number of hydrogen-bond donors (Lipinski definition) is 1. The number of aldehydes is 1. The van der Waals surface area contributed by atoms with Crippen molar-refractivity contribution < 1.29 is 32.3 Å². The van der Waals surface area contributed by atoms with E-state index in [1.165, 1.54) is 18.2 Å². The van der Waals surface area contributed by atoms with E-state index in [1.54, 1.807) is 24.3 Å². The second kappa shape index (κ2) is 12.6. The summed E-state index contributed by atoms with van der Waals surface area (Å²) >= 11 is 0. The average Bonchev–Trinajstić information content (AvgIpc) is 2.88. The van der Waals surface area contributed by atoms with Crippen LogP contribution in [-0.4, -0.2) is 49.7 Å². The highest BCUT2D eigenvalue weighted by molar-refractivity contribution is 5.98. The maximum absolute atomic E-state index is 13.1. The highest BCUT2D eigenvalue weighted by Crippen LogP contribution is 2.37. The van der Waals surface area contributed by atoms with E-state index in [2.05, 4.69) is 14.1 Å². The number of likely N-dealkylation sites (N-methyl/N-ethyl adjacent to an activating group) is 1. The number of phenols is 1. The Balaban J connectivity index is 1.91. The van der Waals surface area contributed by atoms with Crippen molar-refractivity contribution in [3.8, 4) is 11.5 Å². The van der Waals surface area contributed by atoms with Crippen molar-refractivity contribution in [3.05, 3.63) is 107 Å². The van der Waals surface area contributed by atoms with Crippen molar-refractivity contribution in [2.24, 2.45) is 0 Å². The van der Waals surface area contributed by atoms with Crippen LogP contribution in [0, 0.1) is 0 Å². The summed E-state index contributed by atoms with van der Waals surface area (Å²) in [4.78, 5) is 10.5. The van der Waals surface area contributed by atoms with Crippen molar-refractivity contribution in [1.82, 2.24) is 0 Å². The highest BCUT2D eigenvalue weighted by Gasteiger charge is 2.30. The average molecular weight is 525 g/mol. The van der Waals surface area contributed by atoms with Crippen molar-refractivity contribution in [3.63, 3.8) is 0 Å². The molecular formula is C31H33F3NO3+. The SMILES string of the molecule is CC/C(=C(\c1ccc(O)cc1)c1ccc(OCC[N+](C)(C)C/C=C/C=O)cc1)c1ccc(C(F)(F)F)cc1. The number of aromatic hydroxyl groups is 1. The van der Waals surface area contributed by atoms with E-state index < -0.39 is 11.7 Å². The Labute approximate surface area is 221 Å².